The van der Waals surface area contributed by atoms with E-state index in [-0.39, 0.29) is 38.7 Å². The molecule has 3 aliphatic rings. The standard InChI is InChI=1S/C27H22Cl2N4O6S2/c28-17-6-4-5-16(21(17)29)19-20-22(25(36)32(24(20)35)14-7-9-15(10-8-14)33(38)39)40-26-23(19)41-27(37)31(26)13-18(34)30-11-2-1-3-12-30/h4-10,19-20,22H,1-3,11-13H2/t19-,20-,22+/m0/s1. The molecular weight excluding hydrogens is 611 g/mol. The smallest absolute Gasteiger partial charge is 0.308 e. The van der Waals surface area contributed by atoms with E-state index < -0.39 is 33.8 Å². The first kappa shape index (κ1) is 28.0. The number of nitro groups is 1. The average Bonchev–Trinajstić information content (AvgIpc) is 3.41. The molecule has 41 heavy (non-hydrogen) atoms. The molecule has 212 valence electrons. The number of thioether (sulfide) groups is 1. The molecule has 1 aromatic heterocycles. The second-order valence-corrected chi connectivity index (χ2v) is 12.9. The van der Waals surface area contributed by atoms with E-state index in [1.165, 1.54) is 28.8 Å². The molecule has 2 saturated heterocycles. The lowest BCUT2D eigenvalue weighted by molar-refractivity contribution is -0.384. The van der Waals surface area contributed by atoms with E-state index in [9.17, 15) is 29.3 Å². The summed E-state index contributed by atoms with van der Waals surface area (Å²) < 4.78 is 1.40. The number of imide groups is 1. The Morgan fingerprint density at radius 3 is 2.39 bits per heavy atom. The molecule has 6 rings (SSSR count). The zero-order valence-corrected chi connectivity index (χ0v) is 24.5. The van der Waals surface area contributed by atoms with Crippen molar-refractivity contribution in [3.8, 4) is 0 Å². The number of hydrogen-bond acceptors (Lipinski definition) is 8. The number of halogens is 2. The van der Waals surface area contributed by atoms with E-state index in [1.807, 2.05) is 0 Å². The van der Waals surface area contributed by atoms with Crippen molar-refractivity contribution in [1.82, 2.24) is 9.47 Å². The number of benzene rings is 2. The molecule has 0 unspecified atom stereocenters. The number of nitrogens with zero attached hydrogens (tertiary/aromatic N) is 4. The Morgan fingerprint density at radius 2 is 1.71 bits per heavy atom. The Balaban J connectivity index is 1.45. The number of anilines is 1. The molecule has 2 aromatic carbocycles. The van der Waals surface area contributed by atoms with Crippen LogP contribution >= 0.6 is 46.3 Å². The van der Waals surface area contributed by atoms with Crippen LogP contribution in [0, 0.1) is 16.0 Å². The lowest BCUT2D eigenvalue weighted by atomic mass is 9.83. The number of piperidine rings is 1. The van der Waals surface area contributed by atoms with Gasteiger partial charge in [0.2, 0.25) is 17.7 Å². The monoisotopic (exact) mass is 632 g/mol. The van der Waals surface area contributed by atoms with E-state index in [1.54, 1.807) is 23.1 Å². The number of carbonyl (C=O) groups excluding carboxylic acids is 3. The minimum atomic E-state index is -0.921. The molecule has 0 saturated carbocycles. The third kappa shape index (κ3) is 4.76. The van der Waals surface area contributed by atoms with Gasteiger partial charge in [-0.3, -0.25) is 33.9 Å². The maximum atomic E-state index is 14.0. The van der Waals surface area contributed by atoms with Crippen LogP contribution in [0.3, 0.4) is 0 Å². The summed E-state index contributed by atoms with van der Waals surface area (Å²) >= 11 is 15.0. The van der Waals surface area contributed by atoms with E-state index in [4.69, 9.17) is 23.2 Å². The van der Waals surface area contributed by atoms with Crippen LogP contribution in [-0.4, -0.2) is 50.5 Å². The second kappa shape index (κ2) is 10.9. The first-order valence-corrected chi connectivity index (χ1v) is 15.4. The molecule has 4 heterocycles. The van der Waals surface area contributed by atoms with Gasteiger partial charge in [0, 0.05) is 36.0 Å². The Kier molecular flexibility index (Phi) is 7.43. The molecule has 2 fully saturated rings. The van der Waals surface area contributed by atoms with E-state index in [0.717, 1.165) is 47.3 Å². The lowest BCUT2D eigenvalue weighted by Crippen LogP contribution is -2.39. The second-order valence-electron chi connectivity index (χ2n) is 10.0. The normalized spacial score (nSPS) is 22.0. The fourth-order valence-corrected chi connectivity index (χ4v) is 8.90. The third-order valence-corrected chi connectivity index (χ3v) is 11.1. The first-order chi connectivity index (χ1) is 19.7. The Bertz CT molecular complexity index is 1650. The summed E-state index contributed by atoms with van der Waals surface area (Å²) in [6.45, 7) is 1.10. The number of nitro benzene ring substituents is 1. The molecule has 10 nitrogen and oxygen atoms in total. The summed E-state index contributed by atoms with van der Waals surface area (Å²) in [5.74, 6) is -2.89. The predicted molar refractivity (Wildman–Crippen MR) is 156 cm³/mol. The van der Waals surface area contributed by atoms with Crippen LogP contribution in [0.1, 0.15) is 35.6 Å². The summed E-state index contributed by atoms with van der Waals surface area (Å²) in [6, 6.07) is 10.2. The van der Waals surface area contributed by atoms with Gasteiger partial charge in [-0.1, -0.05) is 58.4 Å². The van der Waals surface area contributed by atoms with Crippen molar-refractivity contribution in [3.63, 3.8) is 0 Å². The van der Waals surface area contributed by atoms with Crippen LogP contribution in [0.4, 0.5) is 11.4 Å². The average molecular weight is 634 g/mol. The van der Waals surface area contributed by atoms with Gasteiger partial charge in [0.25, 0.3) is 5.69 Å². The Morgan fingerprint density at radius 1 is 1.00 bits per heavy atom. The number of rotatable bonds is 5. The quantitative estimate of drug-likeness (QED) is 0.222. The number of hydrogen-bond donors (Lipinski definition) is 0. The van der Waals surface area contributed by atoms with E-state index in [0.29, 0.717) is 28.6 Å². The van der Waals surface area contributed by atoms with Gasteiger partial charge in [-0.2, -0.15) is 0 Å². The Labute approximate surface area is 252 Å². The minimum absolute atomic E-state index is 0.167. The van der Waals surface area contributed by atoms with Gasteiger partial charge in [0.1, 0.15) is 11.8 Å². The minimum Gasteiger partial charge on any atom is -0.341 e. The fourth-order valence-electron chi connectivity index (χ4n) is 5.71. The van der Waals surface area contributed by atoms with Crippen molar-refractivity contribution in [1.29, 1.82) is 0 Å². The van der Waals surface area contributed by atoms with Crippen molar-refractivity contribution >= 4 is 75.4 Å². The third-order valence-electron chi connectivity index (χ3n) is 7.69. The summed E-state index contributed by atoms with van der Waals surface area (Å²) in [6.07, 6.45) is 2.87. The largest absolute Gasteiger partial charge is 0.341 e. The van der Waals surface area contributed by atoms with Crippen LogP contribution in [0.5, 0.6) is 0 Å². The molecule has 3 atom stereocenters. The highest BCUT2D eigenvalue weighted by atomic mass is 35.5. The number of fused-ring (bicyclic) bond motifs is 2. The number of likely N-dealkylation sites (tertiary alicyclic amines) is 1. The van der Waals surface area contributed by atoms with Crippen LogP contribution in [0.25, 0.3) is 0 Å². The molecule has 3 aromatic rings. The number of thiazole rings is 1. The summed E-state index contributed by atoms with van der Waals surface area (Å²) in [5.41, 5.74) is 0.531. The van der Waals surface area contributed by atoms with Gasteiger partial charge >= 0.3 is 4.87 Å². The number of amides is 3. The predicted octanol–water partition coefficient (Wildman–Crippen LogP) is 4.93. The lowest BCUT2D eigenvalue weighted by Gasteiger charge is -2.31. The van der Waals surface area contributed by atoms with E-state index >= 15 is 0 Å². The molecule has 0 bridgehead atoms. The van der Waals surface area contributed by atoms with Crippen LogP contribution in [0.2, 0.25) is 10.0 Å². The van der Waals surface area contributed by atoms with E-state index in [2.05, 4.69) is 0 Å². The zero-order chi connectivity index (χ0) is 29.0. The first-order valence-electron chi connectivity index (χ1n) is 12.9. The summed E-state index contributed by atoms with van der Waals surface area (Å²) in [5, 5.41) is 11.1. The number of carbonyl (C=O) groups is 3. The molecular formula is C27H22Cl2N4O6S2. The van der Waals surface area contributed by atoms with Crippen LogP contribution in [-0.2, 0) is 20.9 Å². The van der Waals surface area contributed by atoms with Gasteiger partial charge in [-0.05, 0) is 43.0 Å². The molecule has 14 heteroatoms. The van der Waals surface area contributed by atoms with Crippen LogP contribution < -0.4 is 9.77 Å². The molecule has 0 radical (unpaired) electrons. The molecule has 3 aliphatic heterocycles. The van der Waals surface area contributed by atoms with Gasteiger partial charge in [0.15, 0.2) is 0 Å². The van der Waals surface area contributed by atoms with Gasteiger partial charge in [-0.25, -0.2) is 4.90 Å². The van der Waals surface area contributed by atoms with Crippen molar-refractivity contribution in [2.24, 2.45) is 5.92 Å². The maximum absolute atomic E-state index is 14.0. The molecule has 0 spiro atoms. The highest BCUT2D eigenvalue weighted by Gasteiger charge is 2.57. The van der Waals surface area contributed by atoms with Crippen molar-refractivity contribution in [3.05, 3.63) is 82.7 Å². The zero-order valence-electron chi connectivity index (χ0n) is 21.3. The summed E-state index contributed by atoms with van der Waals surface area (Å²) in [4.78, 5) is 67.8. The van der Waals surface area contributed by atoms with Crippen molar-refractivity contribution in [2.75, 3.05) is 18.0 Å². The van der Waals surface area contributed by atoms with Crippen molar-refractivity contribution in [2.45, 2.75) is 42.0 Å². The van der Waals surface area contributed by atoms with Gasteiger partial charge < -0.3 is 4.90 Å². The number of non-ortho nitro benzene ring substituents is 1. The molecule has 3 amide bonds. The highest BCUT2D eigenvalue weighted by Crippen LogP contribution is 2.55. The topological polar surface area (TPSA) is 123 Å². The fraction of sp³-hybridized carbons (Fsp3) is 0.333. The number of aromatic nitrogens is 1. The Hall–Kier alpha value is -3.19. The van der Waals surface area contributed by atoms with Crippen molar-refractivity contribution < 1.29 is 19.3 Å². The van der Waals surface area contributed by atoms with Gasteiger partial charge in [0.05, 0.1) is 31.6 Å². The maximum Gasteiger partial charge on any atom is 0.308 e. The highest BCUT2D eigenvalue weighted by molar-refractivity contribution is 8.00. The summed E-state index contributed by atoms with van der Waals surface area (Å²) in [7, 11) is 0. The van der Waals surface area contributed by atoms with Gasteiger partial charge in [-0.15, -0.1) is 0 Å². The molecule has 0 N–H and O–H groups in total. The molecule has 0 aliphatic carbocycles. The van der Waals surface area contributed by atoms with Crippen LogP contribution in [0.15, 0.2) is 52.3 Å². The SMILES string of the molecule is O=C(Cn1c2c(sc1=O)[C@@H](c1cccc(Cl)c1Cl)[C@@H]1C(=O)N(c3ccc([N+](=O)[O-])cc3)C(=O)[C@@H]1S2)N1CCCCC1.